The van der Waals surface area contributed by atoms with Crippen molar-refractivity contribution in [3.05, 3.63) is 64.7 Å². The van der Waals surface area contributed by atoms with E-state index in [-0.39, 0.29) is 29.7 Å². The van der Waals surface area contributed by atoms with Gasteiger partial charge in [-0.3, -0.25) is 9.69 Å². The Balaban J connectivity index is 1.24. The highest BCUT2D eigenvalue weighted by atomic mass is 16.3. The molecule has 2 aromatic heterocycles. The van der Waals surface area contributed by atoms with Crippen LogP contribution in [0.25, 0.3) is 0 Å². The van der Waals surface area contributed by atoms with E-state index in [1.165, 1.54) is 11.1 Å². The predicted molar refractivity (Wildman–Crippen MR) is 132 cm³/mol. The molecule has 9 heteroatoms. The smallest absolute Gasteiger partial charge is 0.279 e. The summed E-state index contributed by atoms with van der Waals surface area (Å²) in [6.45, 7) is 4.54. The number of carbonyl (C=O) groups excluding carboxylic acids is 1. The highest BCUT2D eigenvalue weighted by Gasteiger charge is 2.46. The van der Waals surface area contributed by atoms with Crippen LogP contribution >= 0.6 is 0 Å². The number of carbonyl (C=O) groups is 1. The van der Waals surface area contributed by atoms with E-state index in [9.17, 15) is 9.90 Å². The topological polar surface area (TPSA) is 113 Å². The van der Waals surface area contributed by atoms with Crippen LogP contribution in [0.3, 0.4) is 0 Å². The first-order valence-electron chi connectivity index (χ1n) is 12.4. The van der Waals surface area contributed by atoms with Gasteiger partial charge in [0.1, 0.15) is 11.5 Å². The van der Waals surface area contributed by atoms with Crippen LogP contribution in [0.4, 0.5) is 11.6 Å². The summed E-state index contributed by atoms with van der Waals surface area (Å²) in [7, 11) is 0. The van der Waals surface area contributed by atoms with Crippen LogP contribution in [0.2, 0.25) is 0 Å². The van der Waals surface area contributed by atoms with Gasteiger partial charge in [-0.15, -0.1) is 0 Å². The number of aliphatic hydroxyl groups is 1. The van der Waals surface area contributed by atoms with Crippen molar-refractivity contribution < 1.29 is 9.90 Å². The largest absolute Gasteiger partial charge is 0.390 e. The molecule has 3 N–H and O–H groups in total. The Hall–Kier alpha value is -3.30. The minimum atomic E-state index is -0.270. The highest BCUT2D eigenvalue weighted by molar-refractivity contribution is 6.05. The molecule has 1 unspecified atom stereocenters. The number of hydrogen-bond donors (Lipinski definition) is 2. The van der Waals surface area contributed by atoms with Gasteiger partial charge in [-0.05, 0) is 49.1 Å². The van der Waals surface area contributed by atoms with Gasteiger partial charge < -0.3 is 15.7 Å². The molecule has 0 saturated carbocycles. The fourth-order valence-corrected chi connectivity index (χ4v) is 6.13. The summed E-state index contributed by atoms with van der Waals surface area (Å²) < 4.78 is 1.83. The third-order valence-electron chi connectivity index (χ3n) is 8.09. The summed E-state index contributed by atoms with van der Waals surface area (Å²) in [5.74, 6) is 1.24. The molecule has 1 fully saturated rings. The van der Waals surface area contributed by atoms with Crippen molar-refractivity contribution in [1.29, 1.82) is 0 Å². The number of aromatic nitrogens is 4. The Morgan fingerprint density at radius 2 is 1.94 bits per heavy atom. The van der Waals surface area contributed by atoms with E-state index < -0.39 is 0 Å². The lowest BCUT2D eigenvalue weighted by Gasteiger charge is -2.43. The molecule has 1 saturated heterocycles. The summed E-state index contributed by atoms with van der Waals surface area (Å²) in [4.78, 5) is 26.8. The average molecular weight is 474 g/mol. The van der Waals surface area contributed by atoms with E-state index in [4.69, 9.17) is 10.7 Å². The number of piperidine rings is 1. The van der Waals surface area contributed by atoms with Gasteiger partial charge in [-0.2, -0.15) is 5.10 Å². The Kier molecular flexibility index (Phi) is 5.34. The maximum absolute atomic E-state index is 13.4. The van der Waals surface area contributed by atoms with Gasteiger partial charge in [-0.25, -0.2) is 14.6 Å². The number of nitrogens with two attached hydrogens (primary N) is 1. The number of amides is 1. The lowest BCUT2D eigenvalue weighted by Crippen LogP contribution is -2.45. The second kappa shape index (κ2) is 8.42. The fraction of sp³-hybridized carbons (Fsp3) is 0.462. The van der Waals surface area contributed by atoms with Crippen molar-refractivity contribution in [3.63, 3.8) is 0 Å². The molecule has 0 bridgehead atoms. The van der Waals surface area contributed by atoms with Crippen LogP contribution in [0.1, 0.15) is 58.3 Å². The second-order valence-corrected chi connectivity index (χ2v) is 10.0. The quantitative estimate of drug-likeness (QED) is 0.600. The van der Waals surface area contributed by atoms with Crippen molar-refractivity contribution in [2.24, 2.45) is 11.1 Å². The number of aliphatic hydroxyl groups excluding tert-OH is 1. The Labute approximate surface area is 204 Å². The maximum Gasteiger partial charge on any atom is 0.279 e. The average Bonchev–Trinajstić information content (AvgIpc) is 3.47. The number of fused-ring (bicyclic) bond motifs is 2. The fourth-order valence-electron chi connectivity index (χ4n) is 6.13. The number of rotatable bonds is 3. The molecule has 1 atom stereocenters. The molecular weight excluding hydrogens is 442 g/mol. The summed E-state index contributed by atoms with van der Waals surface area (Å²) in [5.41, 5.74) is 10.7. The van der Waals surface area contributed by atoms with E-state index in [2.05, 4.69) is 39.2 Å². The van der Waals surface area contributed by atoms with Gasteiger partial charge in [0.15, 0.2) is 11.5 Å². The molecule has 182 valence electrons. The Morgan fingerprint density at radius 1 is 1.14 bits per heavy atom. The molecule has 6 rings (SSSR count). The zero-order chi connectivity index (χ0) is 24.2. The van der Waals surface area contributed by atoms with Gasteiger partial charge in [0.25, 0.3) is 5.91 Å². The van der Waals surface area contributed by atoms with E-state index >= 15 is 0 Å². The SMILES string of the molecule is Cc1nc(N2CCC3(CC2)Cc2ccccc2C3N)c(CO)nc1C(=O)N1CCCn2nccc21. The second-order valence-electron chi connectivity index (χ2n) is 10.0. The minimum absolute atomic E-state index is 0.0453. The molecule has 1 aromatic carbocycles. The van der Waals surface area contributed by atoms with Crippen LogP contribution in [-0.4, -0.2) is 50.4 Å². The first-order valence-corrected chi connectivity index (χ1v) is 12.4. The Bertz CT molecular complexity index is 1280. The van der Waals surface area contributed by atoms with Crippen molar-refractivity contribution in [2.45, 2.75) is 51.8 Å². The van der Waals surface area contributed by atoms with Gasteiger partial charge in [0.05, 0.1) is 18.5 Å². The summed E-state index contributed by atoms with van der Waals surface area (Å²) in [6.07, 6.45) is 5.45. The number of benzene rings is 1. The van der Waals surface area contributed by atoms with Crippen LogP contribution in [-0.2, 0) is 19.6 Å². The number of aryl methyl sites for hydroxylation is 2. The lowest BCUT2D eigenvalue weighted by atomic mass is 9.73. The van der Waals surface area contributed by atoms with Crippen molar-refractivity contribution in [2.75, 3.05) is 29.4 Å². The molecule has 4 heterocycles. The first kappa shape index (κ1) is 22.2. The minimum Gasteiger partial charge on any atom is -0.390 e. The molecule has 0 radical (unpaired) electrons. The molecule has 2 aliphatic heterocycles. The molecular formula is C26H31N7O2. The molecule has 1 amide bonds. The molecule has 35 heavy (non-hydrogen) atoms. The van der Waals surface area contributed by atoms with Crippen LogP contribution < -0.4 is 15.5 Å². The monoisotopic (exact) mass is 473 g/mol. The van der Waals surface area contributed by atoms with Crippen LogP contribution in [0.5, 0.6) is 0 Å². The standard InChI is InChI=1S/C26H31N7O2/c1-17-22(25(35)32-11-4-12-33-21(32)7-10-28-33)30-20(16-34)24(29-17)31-13-8-26(9-14-31)15-18-5-2-3-6-19(18)23(26)27/h2-3,5-7,10,23,34H,4,8-9,11-16,27H2,1H3. The molecule has 1 spiro atoms. The van der Waals surface area contributed by atoms with Crippen molar-refractivity contribution >= 4 is 17.5 Å². The predicted octanol–water partition coefficient (Wildman–Crippen LogP) is 2.37. The maximum atomic E-state index is 13.4. The van der Waals surface area contributed by atoms with Gasteiger partial charge >= 0.3 is 0 Å². The van der Waals surface area contributed by atoms with Gasteiger partial charge in [-0.1, -0.05) is 24.3 Å². The van der Waals surface area contributed by atoms with Crippen molar-refractivity contribution in [1.82, 2.24) is 19.7 Å². The molecule has 3 aliphatic rings. The number of hydrogen-bond acceptors (Lipinski definition) is 7. The Morgan fingerprint density at radius 3 is 2.71 bits per heavy atom. The van der Waals surface area contributed by atoms with E-state index in [1.54, 1.807) is 11.1 Å². The summed E-state index contributed by atoms with van der Waals surface area (Å²) >= 11 is 0. The normalized spacial score (nSPS) is 20.7. The molecule has 9 nitrogen and oxygen atoms in total. The lowest BCUT2D eigenvalue weighted by molar-refractivity contribution is 0.0974. The summed E-state index contributed by atoms with van der Waals surface area (Å²) in [6, 6.07) is 10.4. The van der Waals surface area contributed by atoms with E-state index in [0.29, 0.717) is 23.8 Å². The van der Waals surface area contributed by atoms with Gasteiger partial charge in [0, 0.05) is 38.3 Å². The third kappa shape index (κ3) is 3.52. The van der Waals surface area contributed by atoms with Gasteiger partial charge in [0.2, 0.25) is 0 Å². The first-order chi connectivity index (χ1) is 17.0. The summed E-state index contributed by atoms with van der Waals surface area (Å²) in [5, 5.41) is 14.5. The zero-order valence-corrected chi connectivity index (χ0v) is 20.0. The van der Waals surface area contributed by atoms with Crippen molar-refractivity contribution in [3.8, 4) is 0 Å². The number of nitrogens with zero attached hydrogens (tertiary/aromatic N) is 6. The van der Waals surface area contributed by atoms with Crippen LogP contribution in [0.15, 0.2) is 36.5 Å². The zero-order valence-electron chi connectivity index (χ0n) is 20.0. The van der Waals surface area contributed by atoms with E-state index in [0.717, 1.165) is 51.1 Å². The third-order valence-corrected chi connectivity index (χ3v) is 8.09. The number of anilines is 2. The molecule has 3 aromatic rings. The van der Waals surface area contributed by atoms with E-state index in [1.807, 2.05) is 17.7 Å². The molecule has 1 aliphatic carbocycles. The highest BCUT2D eigenvalue weighted by Crippen LogP contribution is 2.51. The van der Waals surface area contributed by atoms with Crippen LogP contribution in [0, 0.1) is 12.3 Å².